The first-order valence-corrected chi connectivity index (χ1v) is 6.50. The van der Waals surface area contributed by atoms with Gasteiger partial charge in [-0.25, -0.2) is 0 Å². The van der Waals surface area contributed by atoms with Gasteiger partial charge in [0.05, 0.1) is 11.8 Å². The number of phenolic OH excluding ortho intramolecular Hbond substituents is 2. The second kappa shape index (κ2) is 4.77. The Bertz CT molecular complexity index is 983. The second-order valence-electron chi connectivity index (χ2n) is 5.13. The van der Waals surface area contributed by atoms with Gasteiger partial charge in [0.15, 0.2) is 5.43 Å². The fourth-order valence-corrected chi connectivity index (χ4v) is 2.54. The van der Waals surface area contributed by atoms with E-state index in [1.54, 1.807) is 0 Å². The van der Waals surface area contributed by atoms with E-state index in [1.165, 1.54) is 25.1 Å². The third kappa shape index (κ3) is 2.14. The van der Waals surface area contributed by atoms with Crippen LogP contribution in [-0.2, 0) is 11.2 Å². The van der Waals surface area contributed by atoms with Gasteiger partial charge in [-0.3, -0.25) is 9.59 Å². The molecular formula is C16H12O6. The quantitative estimate of drug-likeness (QED) is 0.626. The molecule has 0 saturated carbocycles. The van der Waals surface area contributed by atoms with E-state index in [1.807, 2.05) is 0 Å². The minimum absolute atomic E-state index is 0.00482. The van der Waals surface area contributed by atoms with Crippen LogP contribution in [0, 0.1) is 0 Å². The highest BCUT2D eigenvalue weighted by Crippen LogP contribution is 2.42. The van der Waals surface area contributed by atoms with Crippen LogP contribution in [0.1, 0.15) is 12.7 Å². The molecule has 6 heteroatoms. The van der Waals surface area contributed by atoms with Gasteiger partial charge in [0, 0.05) is 6.07 Å². The average Bonchev–Trinajstić information content (AvgIpc) is 2.35. The lowest BCUT2D eigenvalue weighted by atomic mass is 10.0. The van der Waals surface area contributed by atoms with Gasteiger partial charge in [0.1, 0.15) is 28.4 Å². The number of ketones is 1. The smallest absolute Gasteiger partial charge is 0.293 e. The zero-order chi connectivity index (χ0) is 16.0. The monoisotopic (exact) mass is 300 g/mol. The summed E-state index contributed by atoms with van der Waals surface area (Å²) in [5.41, 5.74) is -0.405. The second-order valence-corrected chi connectivity index (χ2v) is 5.13. The van der Waals surface area contributed by atoms with Crippen molar-refractivity contribution in [2.45, 2.75) is 13.3 Å². The number of Topliss-reactive ketones (excluding diaryl/α,β-unsaturated/α-hetero) is 1. The lowest BCUT2D eigenvalue weighted by molar-refractivity contribution is -0.116. The number of benzene rings is 2. The summed E-state index contributed by atoms with van der Waals surface area (Å²) in [6, 6.07) is 5.28. The molecule has 0 bridgehead atoms. The first-order valence-electron chi connectivity index (χ1n) is 6.50. The van der Waals surface area contributed by atoms with Crippen molar-refractivity contribution >= 4 is 27.3 Å². The van der Waals surface area contributed by atoms with Crippen LogP contribution in [0.4, 0.5) is 0 Å². The lowest BCUT2D eigenvalue weighted by Crippen LogP contribution is -1.97. The van der Waals surface area contributed by atoms with Crippen molar-refractivity contribution in [1.82, 2.24) is 0 Å². The Morgan fingerprint density at radius 1 is 1.05 bits per heavy atom. The molecular weight excluding hydrogens is 288 g/mol. The third-order valence-corrected chi connectivity index (χ3v) is 3.38. The van der Waals surface area contributed by atoms with Crippen molar-refractivity contribution in [3.63, 3.8) is 0 Å². The number of carbonyl (C=O) groups excluding carboxylic acids is 1. The largest absolute Gasteiger partial charge is 0.507 e. The molecule has 6 nitrogen and oxygen atoms in total. The Morgan fingerprint density at radius 3 is 2.41 bits per heavy atom. The Hall–Kier alpha value is -3.02. The van der Waals surface area contributed by atoms with E-state index in [4.69, 9.17) is 4.42 Å². The van der Waals surface area contributed by atoms with Crippen LogP contribution in [0.3, 0.4) is 0 Å². The van der Waals surface area contributed by atoms with E-state index < -0.39 is 11.4 Å². The van der Waals surface area contributed by atoms with E-state index in [2.05, 4.69) is 0 Å². The number of carbonyl (C=O) groups is 1. The summed E-state index contributed by atoms with van der Waals surface area (Å²) in [5, 5.41) is 30.9. The number of hydrogen-bond donors (Lipinski definition) is 3. The van der Waals surface area contributed by atoms with Crippen LogP contribution in [0.2, 0.25) is 0 Å². The summed E-state index contributed by atoms with van der Waals surface area (Å²) in [6.07, 6.45) is -0.00482. The maximum absolute atomic E-state index is 11.5. The summed E-state index contributed by atoms with van der Waals surface area (Å²) < 4.78 is 5.13. The summed E-state index contributed by atoms with van der Waals surface area (Å²) in [7, 11) is 0. The molecule has 112 valence electrons. The van der Waals surface area contributed by atoms with Gasteiger partial charge in [-0.1, -0.05) is 0 Å². The molecule has 1 aromatic heterocycles. The SMILES string of the molecule is CC(=O)Cc1cc2cc3cc(=O)cc(O)c3c(O)c2c(O)o1. The van der Waals surface area contributed by atoms with Gasteiger partial charge in [-0.15, -0.1) is 0 Å². The molecule has 3 N–H and O–H groups in total. The van der Waals surface area contributed by atoms with Crippen molar-refractivity contribution in [1.29, 1.82) is 0 Å². The Kier molecular flexibility index (Phi) is 3.02. The zero-order valence-corrected chi connectivity index (χ0v) is 11.6. The molecule has 2 aromatic carbocycles. The van der Waals surface area contributed by atoms with E-state index in [0.717, 1.165) is 6.07 Å². The van der Waals surface area contributed by atoms with Crippen molar-refractivity contribution in [2.24, 2.45) is 0 Å². The predicted octanol–water partition coefficient (Wildman–Crippen LogP) is 2.19. The minimum atomic E-state index is -0.557. The number of hydrogen-bond acceptors (Lipinski definition) is 6. The molecule has 0 saturated heterocycles. The molecule has 0 fully saturated rings. The predicted molar refractivity (Wildman–Crippen MR) is 79.4 cm³/mol. The molecule has 1 heterocycles. The Balaban J connectivity index is 2.43. The molecule has 0 amide bonds. The molecule has 22 heavy (non-hydrogen) atoms. The summed E-state index contributed by atoms with van der Waals surface area (Å²) >= 11 is 0. The highest BCUT2D eigenvalue weighted by Gasteiger charge is 2.17. The highest BCUT2D eigenvalue weighted by atomic mass is 16.5. The van der Waals surface area contributed by atoms with Gasteiger partial charge in [0.25, 0.3) is 5.95 Å². The Morgan fingerprint density at radius 2 is 1.73 bits per heavy atom. The Labute approximate surface area is 123 Å². The molecule has 0 radical (unpaired) electrons. The molecule has 0 spiro atoms. The summed E-state index contributed by atoms with van der Waals surface area (Å²) in [6.45, 7) is 1.39. The maximum atomic E-state index is 11.5. The molecule has 0 aliphatic carbocycles. The van der Waals surface area contributed by atoms with Gasteiger partial charge < -0.3 is 19.7 Å². The fraction of sp³-hybridized carbons (Fsp3) is 0.125. The van der Waals surface area contributed by atoms with Crippen molar-refractivity contribution in [3.05, 3.63) is 40.2 Å². The molecule has 0 aliphatic rings. The number of fused-ring (bicyclic) bond motifs is 2. The third-order valence-electron chi connectivity index (χ3n) is 3.38. The van der Waals surface area contributed by atoms with Crippen LogP contribution in [-0.4, -0.2) is 21.1 Å². The molecule has 3 aromatic rings. The first kappa shape index (κ1) is 13.9. The van der Waals surface area contributed by atoms with E-state index in [-0.39, 0.29) is 40.2 Å². The van der Waals surface area contributed by atoms with Crippen LogP contribution in [0.25, 0.3) is 21.5 Å². The fourth-order valence-electron chi connectivity index (χ4n) is 2.54. The topological polar surface area (TPSA) is 108 Å². The molecule has 0 unspecified atom stereocenters. The zero-order valence-electron chi connectivity index (χ0n) is 11.6. The average molecular weight is 300 g/mol. The number of rotatable bonds is 2. The van der Waals surface area contributed by atoms with Crippen LogP contribution in [0.5, 0.6) is 17.4 Å². The van der Waals surface area contributed by atoms with Gasteiger partial charge >= 0.3 is 0 Å². The van der Waals surface area contributed by atoms with Gasteiger partial charge in [0.2, 0.25) is 0 Å². The normalized spacial score (nSPS) is 11.1. The van der Waals surface area contributed by atoms with E-state index in [0.29, 0.717) is 10.8 Å². The van der Waals surface area contributed by atoms with Gasteiger partial charge in [-0.2, -0.15) is 0 Å². The minimum Gasteiger partial charge on any atom is -0.507 e. The number of phenols is 2. The van der Waals surface area contributed by atoms with Crippen molar-refractivity contribution < 1.29 is 24.5 Å². The summed E-state index contributed by atoms with van der Waals surface area (Å²) in [5.74, 6) is -1.24. The number of aromatic hydroxyl groups is 3. The highest BCUT2D eigenvalue weighted by molar-refractivity contribution is 6.08. The molecule has 0 atom stereocenters. The first-order chi connectivity index (χ1) is 10.4. The molecule has 3 rings (SSSR count). The van der Waals surface area contributed by atoms with Crippen molar-refractivity contribution in [3.8, 4) is 17.4 Å². The van der Waals surface area contributed by atoms with Crippen LogP contribution >= 0.6 is 0 Å². The maximum Gasteiger partial charge on any atom is 0.293 e. The van der Waals surface area contributed by atoms with Crippen LogP contribution < -0.4 is 5.43 Å². The summed E-state index contributed by atoms with van der Waals surface area (Å²) in [4.78, 5) is 22.6. The van der Waals surface area contributed by atoms with E-state index >= 15 is 0 Å². The van der Waals surface area contributed by atoms with E-state index in [9.17, 15) is 24.9 Å². The van der Waals surface area contributed by atoms with Gasteiger partial charge in [-0.05, 0) is 35.9 Å². The van der Waals surface area contributed by atoms with Crippen molar-refractivity contribution in [2.75, 3.05) is 0 Å². The molecule has 0 aliphatic heterocycles. The van der Waals surface area contributed by atoms with Crippen LogP contribution in [0.15, 0.2) is 33.5 Å². The standard InChI is InChI=1S/C16H12O6/c1-7(17)2-11-5-9-3-8-4-10(18)6-12(19)13(8)15(20)14(9)16(21)22-11/h3-6,19-21H,2H2,1H3. The lowest BCUT2D eigenvalue weighted by Gasteiger charge is -2.10.